The van der Waals surface area contributed by atoms with Gasteiger partial charge in [-0.15, -0.1) is 0 Å². The quantitative estimate of drug-likeness (QED) is 0.461. The number of rotatable bonds is 10. The van der Waals surface area contributed by atoms with E-state index in [0.29, 0.717) is 18.7 Å². The highest BCUT2D eigenvalue weighted by molar-refractivity contribution is 14.1. The van der Waals surface area contributed by atoms with Crippen molar-refractivity contribution in [3.63, 3.8) is 0 Å². The number of carbonyl (C=O) groups excluding carboxylic acids is 2. The molecule has 2 rings (SSSR count). The Labute approximate surface area is 193 Å². The van der Waals surface area contributed by atoms with Crippen LogP contribution < -0.4 is 10.1 Å². The lowest BCUT2D eigenvalue weighted by Crippen LogP contribution is -2.51. The topological polar surface area (TPSA) is 58.6 Å². The van der Waals surface area contributed by atoms with Gasteiger partial charge in [-0.3, -0.25) is 9.59 Å². The fourth-order valence-corrected chi connectivity index (χ4v) is 3.37. The number of benzene rings is 2. The molecule has 6 heteroatoms. The van der Waals surface area contributed by atoms with Gasteiger partial charge in [0.2, 0.25) is 5.91 Å². The van der Waals surface area contributed by atoms with Gasteiger partial charge in [-0.25, -0.2) is 0 Å². The molecule has 0 aromatic heterocycles. The first kappa shape index (κ1) is 24.2. The summed E-state index contributed by atoms with van der Waals surface area (Å²) in [7, 11) is 0. The van der Waals surface area contributed by atoms with E-state index in [1.165, 1.54) is 0 Å². The van der Waals surface area contributed by atoms with E-state index in [-0.39, 0.29) is 24.5 Å². The summed E-state index contributed by atoms with van der Waals surface area (Å²) in [4.78, 5) is 27.7. The van der Waals surface area contributed by atoms with E-state index in [0.717, 1.165) is 21.1 Å². The first-order valence-electron chi connectivity index (χ1n) is 10.4. The Morgan fingerprint density at radius 2 is 1.67 bits per heavy atom. The molecule has 162 valence electrons. The van der Waals surface area contributed by atoms with Crippen LogP contribution in [0.3, 0.4) is 0 Å². The zero-order chi connectivity index (χ0) is 22.1. The third-order valence-corrected chi connectivity index (χ3v) is 5.76. The molecule has 2 aromatic rings. The van der Waals surface area contributed by atoms with E-state index in [2.05, 4.69) is 27.9 Å². The predicted molar refractivity (Wildman–Crippen MR) is 128 cm³/mol. The second-order valence-corrected chi connectivity index (χ2v) is 8.74. The van der Waals surface area contributed by atoms with Crippen molar-refractivity contribution >= 4 is 34.4 Å². The summed E-state index contributed by atoms with van der Waals surface area (Å²) in [6.07, 6.45) is 1.37. The van der Waals surface area contributed by atoms with Crippen molar-refractivity contribution < 1.29 is 14.3 Å². The molecule has 0 bridgehead atoms. The molecule has 2 amide bonds. The maximum atomic E-state index is 13.1. The van der Waals surface area contributed by atoms with Gasteiger partial charge in [0, 0.05) is 16.2 Å². The SMILES string of the molecule is CCC(C)NC(=O)C(CC)N(Cc1ccc(C)cc1)C(=O)COc1ccc(I)cc1. The zero-order valence-corrected chi connectivity index (χ0v) is 20.3. The molecule has 0 fully saturated rings. The van der Waals surface area contributed by atoms with Crippen molar-refractivity contribution in [2.24, 2.45) is 0 Å². The molecule has 0 saturated carbocycles. The van der Waals surface area contributed by atoms with Crippen molar-refractivity contribution in [1.82, 2.24) is 10.2 Å². The van der Waals surface area contributed by atoms with Crippen LogP contribution in [0.5, 0.6) is 5.75 Å². The third-order valence-electron chi connectivity index (χ3n) is 5.04. The first-order chi connectivity index (χ1) is 14.3. The van der Waals surface area contributed by atoms with Gasteiger partial charge in [0.25, 0.3) is 5.91 Å². The van der Waals surface area contributed by atoms with Crippen LogP contribution in [0.25, 0.3) is 0 Å². The van der Waals surface area contributed by atoms with Crippen molar-refractivity contribution in [1.29, 1.82) is 0 Å². The fraction of sp³-hybridized carbons (Fsp3) is 0.417. The zero-order valence-electron chi connectivity index (χ0n) is 18.2. The van der Waals surface area contributed by atoms with Crippen LogP contribution >= 0.6 is 22.6 Å². The molecule has 2 atom stereocenters. The predicted octanol–water partition coefficient (Wildman–Crippen LogP) is 4.70. The average Bonchev–Trinajstić information content (AvgIpc) is 2.74. The lowest BCUT2D eigenvalue weighted by molar-refractivity contribution is -0.143. The normalized spacial score (nSPS) is 12.7. The molecule has 0 aliphatic rings. The molecule has 0 spiro atoms. The molecule has 0 saturated heterocycles. The Morgan fingerprint density at radius 1 is 1.03 bits per heavy atom. The monoisotopic (exact) mass is 522 g/mol. The smallest absolute Gasteiger partial charge is 0.261 e. The van der Waals surface area contributed by atoms with Gasteiger partial charge in [0.05, 0.1) is 0 Å². The van der Waals surface area contributed by atoms with Crippen LogP contribution in [0.1, 0.15) is 44.7 Å². The number of nitrogens with one attached hydrogen (secondary N) is 1. The number of hydrogen-bond acceptors (Lipinski definition) is 3. The molecule has 5 nitrogen and oxygen atoms in total. The Balaban J connectivity index is 2.19. The van der Waals surface area contributed by atoms with Crippen LogP contribution in [0.15, 0.2) is 48.5 Å². The number of ether oxygens (including phenoxy) is 1. The summed E-state index contributed by atoms with van der Waals surface area (Å²) in [6.45, 7) is 8.19. The minimum atomic E-state index is -0.548. The summed E-state index contributed by atoms with van der Waals surface area (Å²) in [5, 5.41) is 3.02. The van der Waals surface area contributed by atoms with Crippen molar-refractivity contribution in [2.75, 3.05) is 6.61 Å². The second-order valence-electron chi connectivity index (χ2n) is 7.49. The first-order valence-corrected chi connectivity index (χ1v) is 11.5. The molecule has 0 aliphatic heterocycles. The number of aryl methyl sites for hydroxylation is 1. The summed E-state index contributed by atoms with van der Waals surface area (Å²) < 4.78 is 6.81. The summed E-state index contributed by atoms with van der Waals surface area (Å²) in [5.41, 5.74) is 2.14. The van der Waals surface area contributed by atoms with Crippen molar-refractivity contribution in [3.05, 3.63) is 63.2 Å². The molecule has 30 heavy (non-hydrogen) atoms. The minimum Gasteiger partial charge on any atom is -0.484 e. The Hall–Kier alpha value is -2.09. The number of nitrogens with zero attached hydrogens (tertiary/aromatic N) is 1. The van der Waals surface area contributed by atoms with Gasteiger partial charge in [-0.1, -0.05) is 43.7 Å². The molecule has 2 aromatic carbocycles. The lowest BCUT2D eigenvalue weighted by atomic mass is 10.1. The summed E-state index contributed by atoms with van der Waals surface area (Å²) in [6, 6.07) is 15.1. The second kappa shape index (κ2) is 11.9. The van der Waals surface area contributed by atoms with Gasteiger partial charge in [-0.05, 0) is 79.1 Å². The molecule has 2 unspecified atom stereocenters. The third kappa shape index (κ3) is 7.31. The highest BCUT2D eigenvalue weighted by Gasteiger charge is 2.29. The van der Waals surface area contributed by atoms with E-state index < -0.39 is 6.04 Å². The van der Waals surface area contributed by atoms with Gasteiger partial charge in [0.1, 0.15) is 11.8 Å². The Bertz CT molecular complexity index is 821. The largest absolute Gasteiger partial charge is 0.484 e. The highest BCUT2D eigenvalue weighted by atomic mass is 127. The molecule has 0 radical (unpaired) electrons. The average molecular weight is 522 g/mol. The maximum Gasteiger partial charge on any atom is 0.261 e. The highest BCUT2D eigenvalue weighted by Crippen LogP contribution is 2.16. The standard InChI is InChI=1S/C24H31IN2O3/c1-5-18(4)26-24(29)22(6-2)27(15-19-9-7-17(3)8-10-19)23(28)16-30-21-13-11-20(25)12-14-21/h7-14,18,22H,5-6,15-16H2,1-4H3,(H,26,29). The Kier molecular flexibility index (Phi) is 9.62. The minimum absolute atomic E-state index is 0.0610. The molecular formula is C24H31IN2O3. The number of amides is 2. The van der Waals surface area contributed by atoms with Crippen molar-refractivity contribution in [3.8, 4) is 5.75 Å². The molecule has 1 N–H and O–H groups in total. The van der Waals surface area contributed by atoms with Gasteiger partial charge in [0.15, 0.2) is 6.61 Å². The van der Waals surface area contributed by atoms with Crippen LogP contribution in [0.2, 0.25) is 0 Å². The van der Waals surface area contributed by atoms with E-state index in [1.807, 2.05) is 76.2 Å². The number of halogens is 1. The van der Waals surface area contributed by atoms with E-state index >= 15 is 0 Å². The summed E-state index contributed by atoms with van der Waals surface area (Å²) in [5.74, 6) is 0.304. The van der Waals surface area contributed by atoms with Crippen LogP contribution in [0.4, 0.5) is 0 Å². The van der Waals surface area contributed by atoms with E-state index in [1.54, 1.807) is 4.90 Å². The maximum absolute atomic E-state index is 13.1. The van der Waals surface area contributed by atoms with E-state index in [9.17, 15) is 9.59 Å². The fourth-order valence-electron chi connectivity index (χ4n) is 3.01. The van der Waals surface area contributed by atoms with Crippen molar-refractivity contribution in [2.45, 2.75) is 59.2 Å². The number of carbonyl (C=O) groups is 2. The molecular weight excluding hydrogens is 491 g/mol. The van der Waals surface area contributed by atoms with Crippen LogP contribution in [-0.4, -0.2) is 35.4 Å². The van der Waals surface area contributed by atoms with Crippen LogP contribution in [0, 0.1) is 10.5 Å². The lowest BCUT2D eigenvalue weighted by Gasteiger charge is -2.31. The summed E-state index contributed by atoms with van der Waals surface area (Å²) >= 11 is 2.22. The van der Waals surface area contributed by atoms with E-state index in [4.69, 9.17) is 4.74 Å². The molecule has 0 heterocycles. The van der Waals surface area contributed by atoms with Gasteiger partial charge < -0.3 is 15.0 Å². The Morgan fingerprint density at radius 3 is 2.23 bits per heavy atom. The van der Waals surface area contributed by atoms with Gasteiger partial charge in [-0.2, -0.15) is 0 Å². The van der Waals surface area contributed by atoms with Crippen LogP contribution in [-0.2, 0) is 16.1 Å². The van der Waals surface area contributed by atoms with Gasteiger partial charge >= 0.3 is 0 Å². The number of hydrogen-bond donors (Lipinski definition) is 1. The molecule has 0 aliphatic carbocycles.